The Bertz CT molecular complexity index is 258. The first-order valence-corrected chi connectivity index (χ1v) is 8.62. The Balaban J connectivity index is 2.02. The molecule has 0 aromatic rings. The number of hydrogen-bond acceptors (Lipinski definition) is 2. The molecule has 0 radical (unpaired) electrons. The monoisotopic (exact) mass is 266 g/mol. The molecule has 3 unspecified atom stereocenters. The minimum Gasteiger partial charge on any atom is -0.311 e. The molecule has 0 amide bonds. The van der Waals surface area contributed by atoms with Crippen LogP contribution in [-0.2, 0) is 0 Å². The maximum absolute atomic E-state index is 3.75. The summed E-state index contributed by atoms with van der Waals surface area (Å²) < 4.78 is 0. The van der Waals surface area contributed by atoms with E-state index in [0.717, 1.165) is 23.9 Å². The normalized spacial score (nSPS) is 32.7. The Morgan fingerprint density at radius 3 is 2.37 bits per heavy atom. The minimum absolute atomic E-state index is 0.709. The van der Waals surface area contributed by atoms with Gasteiger partial charge in [0.1, 0.15) is 0 Å². The van der Waals surface area contributed by atoms with Crippen molar-refractivity contribution in [2.75, 3.05) is 13.1 Å². The molecule has 2 heteroatoms. The average Bonchev–Trinajstić information content (AvgIpc) is 2.46. The lowest BCUT2D eigenvalue weighted by Crippen LogP contribution is -2.61. The van der Waals surface area contributed by atoms with Crippen LogP contribution >= 0.6 is 0 Å². The molecule has 0 aromatic carbocycles. The first-order valence-electron chi connectivity index (χ1n) is 8.62. The second kappa shape index (κ2) is 7.08. The van der Waals surface area contributed by atoms with E-state index in [-0.39, 0.29) is 0 Å². The van der Waals surface area contributed by atoms with E-state index in [4.69, 9.17) is 0 Å². The molecule has 2 fully saturated rings. The maximum atomic E-state index is 3.75. The molecule has 19 heavy (non-hydrogen) atoms. The summed E-state index contributed by atoms with van der Waals surface area (Å²) >= 11 is 0. The molecular formula is C17H34N2. The van der Waals surface area contributed by atoms with Crippen molar-refractivity contribution in [2.45, 2.75) is 84.3 Å². The van der Waals surface area contributed by atoms with Gasteiger partial charge in [-0.3, -0.25) is 4.90 Å². The molecule has 0 bridgehead atoms. The zero-order valence-corrected chi connectivity index (χ0v) is 13.5. The third-order valence-corrected chi connectivity index (χ3v) is 5.59. The van der Waals surface area contributed by atoms with Crippen molar-refractivity contribution in [3.8, 4) is 0 Å². The van der Waals surface area contributed by atoms with E-state index in [1.165, 1.54) is 51.6 Å². The summed E-state index contributed by atoms with van der Waals surface area (Å²) in [7, 11) is 0. The highest BCUT2D eigenvalue weighted by molar-refractivity contribution is 4.92. The van der Waals surface area contributed by atoms with Crippen LogP contribution in [0.4, 0.5) is 0 Å². The zero-order valence-electron chi connectivity index (χ0n) is 13.5. The molecule has 2 nitrogen and oxygen atoms in total. The molecule has 1 aliphatic carbocycles. The molecule has 1 N–H and O–H groups in total. The molecule has 2 aliphatic rings. The smallest absolute Gasteiger partial charge is 0.0247 e. The first kappa shape index (κ1) is 15.3. The van der Waals surface area contributed by atoms with Gasteiger partial charge in [0.2, 0.25) is 0 Å². The zero-order chi connectivity index (χ0) is 13.8. The van der Waals surface area contributed by atoms with Crippen LogP contribution in [0.5, 0.6) is 0 Å². The predicted molar refractivity (Wildman–Crippen MR) is 83.5 cm³/mol. The molecule has 1 heterocycles. The van der Waals surface area contributed by atoms with E-state index in [0.29, 0.717) is 6.04 Å². The van der Waals surface area contributed by atoms with Crippen molar-refractivity contribution in [3.05, 3.63) is 0 Å². The molecular weight excluding hydrogens is 232 g/mol. The van der Waals surface area contributed by atoms with Gasteiger partial charge < -0.3 is 5.32 Å². The van der Waals surface area contributed by atoms with Crippen LogP contribution in [0.1, 0.15) is 66.2 Å². The fourth-order valence-corrected chi connectivity index (χ4v) is 4.11. The predicted octanol–water partition coefficient (Wildman–Crippen LogP) is 3.66. The lowest BCUT2D eigenvalue weighted by molar-refractivity contribution is 0.0279. The Hall–Kier alpha value is -0.0800. The van der Waals surface area contributed by atoms with Crippen LogP contribution in [0.2, 0.25) is 0 Å². The molecule has 112 valence electrons. The van der Waals surface area contributed by atoms with Crippen molar-refractivity contribution in [1.29, 1.82) is 0 Å². The van der Waals surface area contributed by atoms with E-state index in [2.05, 4.69) is 37.9 Å². The topological polar surface area (TPSA) is 15.3 Å². The number of rotatable bonds is 4. The van der Waals surface area contributed by atoms with E-state index in [9.17, 15) is 0 Å². The quantitative estimate of drug-likeness (QED) is 0.835. The summed E-state index contributed by atoms with van der Waals surface area (Å²) in [6.07, 6.45) is 8.59. The van der Waals surface area contributed by atoms with Gasteiger partial charge in [0, 0.05) is 31.2 Å². The standard InChI is InChI=1S/C17H34N2/c1-5-16-12-19(17(11-18-16)13(2)3)14(4)15-9-7-6-8-10-15/h13-18H,5-12H2,1-4H3. The lowest BCUT2D eigenvalue weighted by Gasteiger charge is -2.48. The maximum Gasteiger partial charge on any atom is 0.0247 e. The summed E-state index contributed by atoms with van der Waals surface area (Å²) in [6, 6.07) is 2.23. The highest BCUT2D eigenvalue weighted by Crippen LogP contribution is 2.31. The Labute approximate surface area is 120 Å². The van der Waals surface area contributed by atoms with Crippen molar-refractivity contribution < 1.29 is 0 Å². The summed E-state index contributed by atoms with van der Waals surface area (Å²) in [6.45, 7) is 12.0. The largest absolute Gasteiger partial charge is 0.311 e. The Kier molecular flexibility index (Phi) is 5.70. The van der Waals surface area contributed by atoms with Gasteiger partial charge in [0.05, 0.1) is 0 Å². The highest BCUT2D eigenvalue weighted by atomic mass is 15.3. The second-order valence-electron chi connectivity index (χ2n) is 7.16. The van der Waals surface area contributed by atoms with Crippen LogP contribution < -0.4 is 5.32 Å². The fraction of sp³-hybridized carbons (Fsp3) is 1.00. The minimum atomic E-state index is 0.709. The van der Waals surface area contributed by atoms with Gasteiger partial charge in [0.25, 0.3) is 0 Å². The molecule has 0 aromatic heterocycles. The van der Waals surface area contributed by atoms with Gasteiger partial charge in [-0.2, -0.15) is 0 Å². The van der Waals surface area contributed by atoms with Crippen LogP contribution in [-0.4, -0.2) is 36.1 Å². The molecule has 1 aliphatic heterocycles. The van der Waals surface area contributed by atoms with Crippen molar-refractivity contribution in [1.82, 2.24) is 10.2 Å². The van der Waals surface area contributed by atoms with Crippen molar-refractivity contribution in [3.63, 3.8) is 0 Å². The third-order valence-electron chi connectivity index (χ3n) is 5.59. The molecule has 0 spiro atoms. The Morgan fingerprint density at radius 1 is 1.11 bits per heavy atom. The fourth-order valence-electron chi connectivity index (χ4n) is 4.11. The second-order valence-corrected chi connectivity index (χ2v) is 7.16. The van der Waals surface area contributed by atoms with E-state index < -0.39 is 0 Å². The van der Waals surface area contributed by atoms with Crippen LogP contribution in [0.15, 0.2) is 0 Å². The number of nitrogens with one attached hydrogen (secondary N) is 1. The number of hydrogen-bond donors (Lipinski definition) is 1. The molecule has 1 saturated carbocycles. The number of piperazine rings is 1. The van der Waals surface area contributed by atoms with Gasteiger partial charge in [-0.05, 0) is 38.0 Å². The third kappa shape index (κ3) is 3.72. The van der Waals surface area contributed by atoms with Crippen molar-refractivity contribution >= 4 is 0 Å². The van der Waals surface area contributed by atoms with Crippen LogP contribution in [0.25, 0.3) is 0 Å². The van der Waals surface area contributed by atoms with Gasteiger partial charge in [-0.15, -0.1) is 0 Å². The summed E-state index contributed by atoms with van der Waals surface area (Å²) in [4.78, 5) is 2.85. The van der Waals surface area contributed by atoms with Crippen LogP contribution in [0, 0.1) is 11.8 Å². The van der Waals surface area contributed by atoms with E-state index in [1.807, 2.05) is 0 Å². The first-order chi connectivity index (χ1) is 9.13. The van der Waals surface area contributed by atoms with Gasteiger partial charge in [-0.25, -0.2) is 0 Å². The van der Waals surface area contributed by atoms with Gasteiger partial charge >= 0.3 is 0 Å². The van der Waals surface area contributed by atoms with Gasteiger partial charge in [0.15, 0.2) is 0 Å². The van der Waals surface area contributed by atoms with E-state index >= 15 is 0 Å². The Morgan fingerprint density at radius 2 is 1.79 bits per heavy atom. The van der Waals surface area contributed by atoms with Crippen LogP contribution in [0.3, 0.4) is 0 Å². The summed E-state index contributed by atoms with van der Waals surface area (Å²) in [5, 5.41) is 3.75. The van der Waals surface area contributed by atoms with E-state index in [1.54, 1.807) is 0 Å². The molecule has 1 saturated heterocycles. The number of nitrogens with zero attached hydrogens (tertiary/aromatic N) is 1. The lowest BCUT2D eigenvalue weighted by atomic mass is 9.82. The average molecular weight is 266 g/mol. The summed E-state index contributed by atoms with van der Waals surface area (Å²) in [5.74, 6) is 1.71. The molecule has 2 rings (SSSR count). The molecule has 3 atom stereocenters. The summed E-state index contributed by atoms with van der Waals surface area (Å²) in [5.41, 5.74) is 0. The highest BCUT2D eigenvalue weighted by Gasteiger charge is 2.35. The van der Waals surface area contributed by atoms with Crippen molar-refractivity contribution in [2.24, 2.45) is 11.8 Å². The SMILES string of the molecule is CCC1CN(C(C)C2CCCCC2)C(C(C)C)CN1. The van der Waals surface area contributed by atoms with Gasteiger partial charge in [-0.1, -0.05) is 40.0 Å².